The number of hydrogen-bond acceptors (Lipinski definition) is 6. The van der Waals surface area contributed by atoms with Crippen LogP contribution in [0.15, 0.2) is 42.5 Å². The fraction of sp³-hybridized carbons (Fsp3) is 0.467. The number of carbonyl (C=O) groups is 2. The van der Waals surface area contributed by atoms with E-state index in [1.807, 2.05) is 18.2 Å². The van der Waals surface area contributed by atoms with Crippen LogP contribution < -0.4 is 9.47 Å². The molecule has 1 saturated carbocycles. The van der Waals surface area contributed by atoms with Crippen molar-refractivity contribution >= 4 is 34.3 Å². The zero-order chi connectivity index (χ0) is 27.0. The molecule has 2 bridgehead atoms. The fourth-order valence-corrected chi connectivity index (χ4v) is 5.79. The summed E-state index contributed by atoms with van der Waals surface area (Å²) in [5.41, 5.74) is 2.97. The predicted octanol–water partition coefficient (Wildman–Crippen LogP) is 6.88. The van der Waals surface area contributed by atoms with Gasteiger partial charge in [0.1, 0.15) is 36.9 Å². The maximum absolute atomic E-state index is 12.0. The van der Waals surface area contributed by atoms with Gasteiger partial charge in [0, 0.05) is 33.0 Å². The molecule has 0 heterocycles. The maximum atomic E-state index is 12.0. The van der Waals surface area contributed by atoms with E-state index < -0.39 is 24.1 Å². The smallest absolute Gasteiger partial charge is 0.333 e. The Hall–Kier alpha value is -2.99. The highest BCUT2D eigenvalue weighted by Gasteiger charge is 2.48. The van der Waals surface area contributed by atoms with Crippen LogP contribution in [0, 0.1) is 5.92 Å². The van der Waals surface area contributed by atoms with Crippen LogP contribution in [0.3, 0.4) is 0 Å². The quantitative estimate of drug-likeness (QED) is 0.248. The minimum atomic E-state index is -0.465. The number of benzene rings is 2. The van der Waals surface area contributed by atoms with E-state index in [-0.39, 0.29) is 13.2 Å². The fourth-order valence-electron chi connectivity index (χ4n) is 5.53. The number of ether oxygens (including phenoxy) is 4. The van der Waals surface area contributed by atoms with Crippen LogP contribution in [0.4, 0.5) is 0 Å². The van der Waals surface area contributed by atoms with Crippen molar-refractivity contribution in [3.8, 4) is 11.5 Å². The maximum Gasteiger partial charge on any atom is 0.333 e. The van der Waals surface area contributed by atoms with Gasteiger partial charge in [-0.25, -0.2) is 9.59 Å². The van der Waals surface area contributed by atoms with Gasteiger partial charge in [-0.3, -0.25) is 0 Å². The molecule has 37 heavy (non-hydrogen) atoms. The molecule has 7 heteroatoms. The lowest BCUT2D eigenvalue weighted by atomic mass is 9.87. The number of rotatable bonds is 10. The molecule has 0 N–H and O–H groups in total. The molecule has 4 rings (SSSR count). The van der Waals surface area contributed by atoms with E-state index in [1.54, 1.807) is 27.7 Å². The summed E-state index contributed by atoms with van der Waals surface area (Å²) in [7, 11) is 0. The zero-order valence-corrected chi connectivity index (χ0v) is 22.9. The Labute approximate surface area is 223 Å². The Bertz CT molecular complexity index is 1260. The summed E-state index contributed by atoms with van der Waals surface area (Å²) in [6, 6.07) is 5.72. The number of halogens is 1. The van der Waals surface area contributed by atoms with E-state index in [0.717, 1.165) is 46.2 Å². The van der Waals surface area contributed by atoms with Gasteiger partial charge in [0.25, 0.3) is 0 Å². The van der Waals surface area contributed by atoms with Gasteiger partial charge in [0.15, 0.2) is 0 Å². The molecular weight excluding hydrogens is 492 g/mol. The van der Waals surface area contributed by atoms with Crippen molar-refractivity contribution < 1.29 is 28.5 Å². The van der Waals surface area contributed by atoms with Crippen molar-refractivity contribution in [1.29, 1.82) is 0 Å². The van der Waals surface area contributed by atoms with Crippen LogP contribution in [0.5, 0.6) is 11.5 Å². The van der Waals surface area contributed by atoms with E-state index in [9.17, 15) is 9.59 Å². The first kappa shape index (κ1) is 27.1. The summed E-state index contributed by atoms with van der Waals surface area (Å²) < 4.78 is 23.7. The minimum Gasteiger partial charge on any atom is -0.489 e. The number of carbonyl (C=O) groups excluding carboxylic acids is 2. The number of fused-ring (bicyclic) bond motifs is 6. The molecule has 198 valence electrons. The SMILES string of the molecule is C=C(C)C(=O)OC(C)COc1c2c(c(OCC(C)OC(=O)C(=C)C)c3c(Cl)cccc13)C1CCC2C1C. The second kappa shape index (κ2) is 10.8. The number of esters is 2. The van der Waals surface area contributed by atoms with Gasteiger partial charge in [-0.15, -0.1) is 0 Å². The van der Waals surface area contributed by atoms with Crippen LogP contribution in [0.25, 0.3) is 10.8 Å². The molecule has 1 fully saturated rings. The lowest BCUT2D eigenvalue weighted by molar-refractivity contribution is -0.145. The second-order valence-corrected chi connectivity index (χ2v) is 10.8. The Morgan fingerprint density at radius 3 is 1.92 bits per heavy atom. The van der Waals surface area contributed by atoms with E-state index >= 15 is 0 Å². The Morgan fingerprint density at radius 2 is 1.41 bits per heavy atom. The molecule has 5 atom stereocenters. The van der Waals surface area contributed by atoms with Crippen LogP contribution in [0.2, 0.25) is 5.02 Å². The summed E-state index contributed by atoms with van der Waals surface area (Å²) in [5.74, 6) is 1.74. The third-order valence-electron chi connectivity index (χ3n) is 7.30. The van der Waals surface area contributed by atoms with Gasteiger partial charge >= 0.3 is 11.9 Å². The van der Waals surface area contributed by atoms with E-state index in [2.05, 4.69) is 20.1 Å². The summed E-state index contributed by atoms with van der Waals surface area (Å²) >= 11 is 6.77. The van der Waals surface area contributed by atoms with Crippen molar-refractivity contribution in [3.05, 3.63) is 58.7 Å². The third-order valence-corrected chi connectivity index (χ3v) is 7.62. The highest BCUT2D eigenvalue weighted by Crippen LogP contribution is 2.64. The zero-order valence-electron chi connectivity index (χ0n) is 22.2. The molecule has 0 aliphatic heterocycles. The van der Waals surface area contributed by atoms with Crippen LogP contribution in [0.1, 0.15) is 70.4 Å². The van der Waals surface area contributed by atoms with Crippen LogP contribution >= 0.6 is 11.6 Å². The van der Waals surface area contributed by atoms with Crippen molar-refractivity contribution in [2.75, 3.05) is 13.2 Å². The third kappa shape index (κ3) is 5.22. The summed E-state index contributed by atoms with van der Waals surface area (Å²) in [6.07, 6.45) is 1.23. The van der Waals surface area contributed by atoms with Crippen molar-refractivity contribution in [2.45, 2.75) is 71.5 Å². The number of hydrogen-bond donors (Lipinski definition) is 0. The monoisotopic (exact) mass is 526 g/mol. The lowest BCUT2D eigenvalue weighted by Crippen LogP contribution is -2.24. The van der Waals surface area contributed by atoms with E-state index in [4.69, 9.17) is 30.5 Å². The molecule has 2 aliphatic carbocycles. The molecule has 2 aromatic carbocycles. The molecule has 0 saturated heterocycles. The van der Waals surface area contributed by atoms with E-state index in [0.29, 0.717) is 33.9 Å². The van der Waals surface area contributed by atoms with Crippen LogP contribution in [-0.2, 0) is 19.1 Å². The molecule has 6 nitrogen and oxygen atoms in total. The Morgan fingerprint density at radius 1 is 0.919 bits per heavy atom. The normalized spacial score (nSPS) is 21.2. The highest BCUT2D eigenvalue weighted by molar-refractivity contribution is 6.36. The Kier molecular flexibility index (Phi) is 7.88. The first-order valence-electron chi connectivity index (χ1n) is 12.8. The van der Waals surface area contributed by atoms with Gasteiger partial charge in [-0.1, -0.05) is 43.8 Å². The molecule has 2 aromatic rings. The van der Waals surface area contributed by atoms with Gasteiger partial charge in [-0.05, 0) is 64.4 Å². The van der Waals surface area contributed by atoms with Crippen LogP contribution in [-0.4, -0.2) is 37.4 Å². The molecule has 0 amide bonds. The topological polar surface area (TPSA) is 71.1 Å². The predicted molar refractivity (Wildman–Crippen MR) is 145 cm³/mol. The molecular formula is C30H35ClO6. The summed E-state index contributed by atoms with van der Waals surface area (Å²) in [6.45, 7) is 16.8. The standard InChI is InChI=1S/C30H35ClO6/c1-15(2)29(32)36-17(5)13-34-27-22-9-8-10-23(31)24(22)28(35-14-18(6)37-30(33)16(3)4)26-21-12-11-20(19(21)7)25(26)27/h8-10,17-21H,1,3,11-14H2,2,4-7H3. The molecule has 0 aromatic heterocycles. The van der Waals surface area contributed by atoms with E-state index in [1.165, 1.54) is 0 Å². The van der Waals surface area contributed by atoms with Crippen molar-refractivity contribution in [2.24, 2.45) is 5.92 Å². The molecule has 0 radical (unpaired) electrons. The van der Waals surface area contributed by atoms with Crippen molar-refractivity contribution in [1.82, 2.24) is 0 Å². The second-order valence-electron chi connectivity index (χ2n) is 10.4. The molecule has 0 spiro atoms. The Balaban J connectivity index is 1.73. The lowest BCUT2D eigenvalue weighted by Gasteiger charge is -2.27. The van der Waals surface area contributed by atoms with Crippen molar-refractivity contribution in [3.63, 3.8) is 0 Å². The first-order chi connectivity index (χ1) is 17.5. The van der Waals surface area contributed by atoms with Gasteiger partial charge in [0.05, 0.1) is 5.02 Å². The average Bonchev–Trinajstić information content (AvgIpc) is 3.33. The largest absolute Gasteiger partial charge is 0.489 e. The molecule has 2 aliphatic rings. The first-order valence-corrected chi connectivity index (χ1v) is 13.2. The van der Waals surface area contributed by atoms with Gasteiger partial charge < -0.3 is 18.9 Å². The summed E-state index contributed by atoms with van der Waals surface area (Å²) in [5, 5.41) is 2.19. The average molecular weight is 527 g/mol. The molecule has 5 unspecified atom stereocenters. The minimum absolute atomic E-state index is 0.186. The highest BCUT2D eigenvalue weighted by atomic mass is 35.5. The van der Waals surface area contributed by atoms with Gasteiger partial charge in [0.2, 0.25) is 0 Å². The summed E-state index contributed by atoms with van der Waals surface area (Å²) in [4.78, 5) is 24.0. The van der Waals surface area contributed by atoms with Gasteiger partial charge in [-0.2, -0.15) is 0 Å².